The van der Waals surface area contributed by atoms with Crippen LogP contribution in [0.4, 0.5) is 13.2 Å². The second kappa shape index (κ2) is 4.86. The quantitative estimate of drug-likeness (QED) is 0.823. The predicted octanol–water partition coefficient (Wildman–Crippen LogP) is 1.51. The van der Waals surface area contributed by atoms with E-state index in [2.05, 4.69) is 0 Å². The van der Waals surface area contributed by atoms with Crippen molar-refractivity contribution in [3.05, 3.63) is 46.4 Å². The Morgan fingerprint density at radius 3 is 2.59 bits per heavy atom. The van der Waals surface area contributed by atoms with Gasteiger partial charge in [-0.05, 0) is 6.07 Å². The van der Waals surface area contributed by atoms with Crippen molar-refractivity contribution in [3.63, 3.8) is 0 Å². The SMILES string of the molecule is O=C(O)/C=C/Cn1cc(C(F)(F)F)ccc1=O. The molecule has 92 valence electrons. The summed E-state index contributed by atoms with van der Waals surface area (Å²) in [7, 11) is 0. The first-order valence-corrected chi connectivity index (χ1v) is 4.48. The lowest BCUT2D eigenvalue weighted by molar-refractivity contribution is -0.138. The van der Waals surface area contributed by atoms with Crippen molar-refractivity contribution in [1.29, 1.82) is 0 Å². The van der Waals surface area contributed by atoms with E-state index in [1.807, 2.05) is 0 Å². The van der Waals surface area contributed by atoms with E-state index in [1.54, 1.807) is 0 Å². The average molecular weight is 247 g/mol. The van der Waals surface area contributed by atoms with Gasteiger partial charge < -0.3 is 9.67 Å². The van der Waals surface area contributed by atoms with Crippen LogP contribution in [0.3, 0.4) is 0 Å². The molecule has 0 saturated carbocycles. The van der Waals surface area contributed by atoms with Crippen molar-refractivity contribution >= 4 is 5.97 Å². The number of halogens is 3. The zero-order valence-corrected chi connectivity index (χ0v) is 8.44. The molecule has 1 heterocycles. The van der Waals surface area contributed by atoms with E-state index in [0.717, 1.165) is 22.8 Å². The normalized spacial score (nSPS) is 11.9. The molecule has 0 aliphatic rings. The van der Waals surface area contributed by atoms with Crippen LogP contribution in [0.15, 0.2) is 35.3 Å². The molecule has 1 rings (SSSR count). The summed E-state index contributed by atoms with van der Waals surface area (Å²) < 4.78 is 37.7. The maximum atomic E-state index is 12.3. The van der Waals surface area contributed by atoms with Gasteiger partial charge in [0.05, 0.1) is 5.56 Å². The lowest BCUT2D eigenvalue weighted by Gasteiger charge is -2.08. The molecule has 17 heavy (non-hydrogen) atoms. The Morgan fingerprint density at radius 1 is 1.41 bits per heavy atom. The fourth-order valence-electron chi connectivity index (χ4n) is 1.11. The van der Waals surface area contributed by atoms with Gasteiger partial charge in [0, 0.05) is 24.9 Å². The van der Waals surface area contributed by atoms with Crippen LogP contribution in [0.2, 0.25) is 0 Å². The third kappa shape index (κ3) is 3.78. The molecule has 7 heteroatoms. The first kappa shape index (κ1) is 13.0. The smallest absolute Gasteiger partial charge is 0.417 e. The molecule has 0 aromatic carbocycles. The van der Waals surface area contributed by atoms with E-state index in [0.29, 0.717) is 12.3 Å². The summed E-state index contributed by atoms with van der Waals surface area (Å²) in [6.07, 6.45) is -2.04. The summed E-state index contributed by atoms with van der Waals surface area (Å²) in [6, 6.07) is 1.47. The van der Waals surface area contributed by atoms with Crippen molar-refractivity contribution in [1.82, 2.24) is 4.57 Å². The number of allylic oxidation sites excluding steroid dienone is 1. The fraction of sp³-hybridized carbons (Fsp3) is 0.200. The van der Waals surface area contributed by atoms with Crippen molar-refractivity contribution in [3.8, 4) is 0 Å². The number of nitrogens with zero attached hydrogens (tertiary/aromatic N) is 1. The molecular weight excluding hydrogens is 239 g/mol. The van der Waals surface area contributed by atoms with Crippen molar-refractivity contribution in [2.45, 2.75) is 12.7 Å². The summed E-state index contributed by atoms with van der Waals surface area (Å²) >= 11 is 0. The van der Waals surface area contributed by atoms with Crippen LogP contribution < -0.4 is 5.56 Å². The van der Waals surface area contributed by atoms with Crippen molar-refractivity contribution < 1.29 is 23.1 Å². The number of aromatic nitrogens is 1. The van der Waals surface area contributed by atoms with E-state index in [1.165, 1.54) is 0 Å². The highest BCUT2D eigenvalue weighted by Crippen LogP contribution is 2.27. The number of carbonyl (C=O) groups is 1. The summed E-state index contributed by atoms with van der Waals surface area (Å²) in [5.74, 6) is -1.23. The Hall–Kier alpha value is -2.05. The third-order valence-electron chi connectivity index (χ3n) is 1.87. The van der Waals surface area contributed by atoms with Crippen LogP contribution in [-0.4, -0.2) is 15.6 Å². The molecule has 4 nitrogen and oxygen atoms in total. The van der Waals surface area contributed by atoms with Gasteiger partial charge in [-0.1, -0.05) is 6.08 Å². The number of hydrogen-bond acceptors (Lipinski definition) is 2. The van der Waals surface area contributed by atoms with Gasteiger partial charge in [0.2, 0.25) is 0 Å². The number of carboxylic acid groups (broad SMARTS) is 1. The zero-order chi connectivity index (χ0) is 13.1. The Kier molecular flexibility index (Phi) is 3.72. The zero-order valence-electron chi connectivity index (χ0n) is 8.44. The van der Waals surface area contributed by atoms with Gasteiger partial charge in [-0.15, -0.1) is 0 Å². The number of hydrogen-bond donors (Lipinski definition) is 1. The average Bonchev–Trinajstić information content (AvgIpc) is 2.18. The second-order valence-electron chi connectivity index (χ2n) is 3.15. The first-order valence-electron chi connectivity index (χ1n) is 4.48. The molecule has 1 aromatic rings. The molecule has 0 amide bonds. The summed E-state index contributed by atoms with van der Waals surface area (Å²) in [5, 5.41) is 8.29. The standard InChI is InChI=1S/C10H8F3NO3/c11-10(12,13)7-3-4-8(15)14(6-7)5-1-2-9(16)17/h1-4,6H,5H2,(H,16,17)/b2-1+. The minimum atomic E-state index is -4.54. The molecule has 0 fully saturated rings. The minimum Gasteiger partial charge on any atom is -0.478 e. The highest BCUT2D eigenvalue weighted by molar-refractivity contribution is 5.79. The molecule has 1 N–H and O–H groups in total. The van der Waals surface area contributed by atoms with Crippen LogP contribution in [0.5, 0.6) is 0 Å². The molecule has 0 saturated heterocycles. The molecule has 0 unspecified atom stereocenters. The van der Waals surface area contributed by atoms with E-state index >= 15 is 0 Å². The Labute approximate surface area is 93.6 Å². The summed E-state index contributed by atoms with van der Waals surface area (Å²) in [4.78, 5) is 21.3. The summed E-state index contributed by atoms with van der Waals surface area (Å²) in [6.45, 7) is -0.227. The van der Waals surface area contributed by atoms with Crippen LogP contribution in [0.25, 0.3) is 0 Å². The molecule has 0 spiro atoms. The summed E-state index contributed by atoms with van der Waals surface area (Å²) in [5.41, 5.74) is -1.59. The molecule has 0 atom stereocenters. The number of aliphatic carboxylic acids is 1. The van der Waals surface area contributed by atoms with Gasteiger partial charge in [-0.3, -0.25) is 4.79 Å². The van der Waals surface area contributed by atoms with Gasteiger partial charge in [-0.25, -0.2) is 4.79 Å². The number of rotatable bonds is 3. The fourth-order valence-corrected chi connectivity index (χ4v) is 1.11. The Bertz CT molecular complexity index is 502. The van der Waals surface area contributed by atoms with Gasteiger partial charge in [0.1, 0.15) is 0 Å². The van der Waals surface area contributed by atoms with E-state index in [4.69, 9.17) is 5.11 Å². The Balaban J connectivity index is 3.00. The maximum absolute atomic E-state index is 12.3. The van der Waals surface area contributed by atoms with E-state index in [-0.39, 0.29) is 6.54 Å². The number of alkyl halides is 3. The lowest BCUT2D eigenvalue weighted by Crippen LogP contribution is -2.20. The number of pyridine rings is 1. The van der Waals surface area contributed by atoms with Crippen molar-refractivity contribution in [2.75, 3.05) is 0 Å². The maximum Gasteiger partial charge on any atom is 0.417 e. The van der Waals surface area contributed by atoms with Crippen LogP contribution in [0, 0.1) is 0 Å². The molecule has 0 bridgehead atoms. The van der Waals surface area contributed by atoms with Crippen LogP contribution in [0.1, 0.15) is 5.56 Å². The van der Waals surface area contributed by atoms with E-state index < -0.39 is 23.3 Å². The van der Waals surface area contributed by atoms with E-state index in [9.17, 15) is 22.8 Å². The molecule has 0 aliphatic heterocycles. The first-order chi connectivity index (χ1) is 7.80. The second-order valence-corrected chi connectivity index (χ2v) is 3.15. The predicted molar refractivity (Wildman–Crippen MR) is 52.5 cm³/mol. The van der Waals surface area contributed by atoms with Gasteiger partial charge in [0.15, 0.2) is 0 Å². The Morgan fingerprint density at radius 2 is 2.06 bits per heavy atom. The topological polar surface area (TPSA) is 59.3 Å². The van der Waals surface area contributed by atoms with Gasteiger partial charge in [0.25, 0.3) is 5.56 Å². The largest absolute Gasteiger partial charge is 0.478 e. The highest BCUT2D eigenvalue weighted by atomic mass is 19.4. The van der Waals surface area contributed by atoms with Gasteiger partial charge >= 0.3 is 12.1 Å². The van der Waals surface area contributed by atoms with Crippen LogP contribution in [-0.2, 0) is 17.5 Å². The minimum absolute atomic E-state index is 0.227. The van der Waals surface area contributed by atoms with Gasteiger partial charge in [-0.2, -0.15) is 13.2 Å². The molecular formula is C10H8F3NO3. The highest BCUT2D eigenvalue weighted by Gasteiger charge is 2.30. The monoisotopic (exact) mass is 247 g/mol. The van der Waals surface area contributed by atoms with Crippen molar-refractivity contribution in [2.24, 2.45) is 0 Å². The molecule has 0 radical (unpaired) electrons. The van der Waals surface area contributed by atoms with Crippen LogP contribution >= 0.6 is 0 Å². The molecule has 1 aromatic heterocycles. The third-order valence-corrected chi connectivity index (χ3v) is 1.87. The lowest BCUT2D eigenvalue weighted by atomic mass is 10.3. The number of carboxylic acids is 1. The molecule has 0 aliphatic carbocycles.